The summed E-state index contributed by atoms with van der Waals surface area (Å²) in [5, 5.41) is 0. The highest BCUT2D eigenvalue weighted by molar-refractivity contribution is 5.71. The van der Waals surface area contributed by atoms with E-state index in [2.05, 4.69) is 60.5 Å². The minimum atomic E-state index is -5.23. The molecule has 4 nitrogen and oxygen atoms in total. The zero-order valence-electron chi connectivity index (χ0n) is 82.4. The molecule has 0 heterocycles. The van der Waals surface area contributed by atoms with E-state index in [4.69, 9.17) is 0 Å². The molecule has 0 aromatic heterocycles. The van der Waals surface area contributed by atoms with Crippen molar-refractivity contribution in [1.29, 1.82) is 0 Å². The first-order valence-electron chi connectivity index (χ1n) is 50.0. The number of alkyl halides is 11. The molecule has 6 aliphatic carbocycles. The molecule has 0 radical (unpaired) electrons. The maximum Gasteiger partial charge on any atom is 0.573 e. The summed E-state index contributed by atoms with van der Waals surface area (Å²) in [7, 11) is 0. The lowest BCUT2D eigenvalue weighted by Gasteiger charge is -2.26. The summed E-state index contributed by atoms with van der Waals surface area (Å²) in [6, 6.07) is 45.1. The van der Waals surface area contributed by atoms with Gasteiger partial charge in [-0.05, 0) is 324 Å². The summed E-state index contributed by atoms with van der Waals surface area (Å²) in [6.07, 6.45) is 10.8. The second-order valence-corrected chi connectivity index (χ2v) is 40.3. The van der Waals surface area contributed by atoms with Crippen molar-refractivity contribution in [3.63, 3.8) is 0 Å². The molecule has 798 valence electrons. The molecule has 0 bridgehead atoms. The van der Waals surface area contributed by atoms with Crippen molar-refractivity contribution < 1.29 is 137 Å². The zero-order chi connectivity index (χ0) is 108. The molecule has 6 saturated carbocycles. The van der Waals surface area contributed by atoms with Gasteiger partial charge in [-0.1, -0.05) is 216 Å². The van der Waals surface area contributed by atoms with Gasteiger partial charge in [-0.3, -0.25) is 0 Å². The van der Waals surface area contributed by atoms with Crippen LogP contribution in [0.5, 0.6) is 23.0 Å². The number of ether oxygens (including phenoxy) is 4. The predicted octanol–water partition coefficient (Wildman–Crippen LogP) is 39.4. The highest BCUT2D eigenvalue weighted by Gasteiger charge is 2.38. The molecular formula is C118H113F27O4. The van der Waals surface area contributed by atoms with Gasteiger partial charge < -0.3 is 18.9 Å². The molecule has 0 aliphatic heterocycles. The molecule has 0 amide bonds. The number of rotatable bonds is 17. The fourth-order valence-electron chi connectivity index (χ4n) is 20.6. The van der Waals surface area contributed by atoms with Crippen LogP contribution in [0.25, 0.3) is 66.8 Å². The van der Waals surface area contributed by atoms with E-state index in [1.54, 1.807) is 48.5 Å². The van der Waals surface area contributed by atoms with Gasteiger partial charge in [0.05, 0.1) is 0 Å². The topological polar surface area (TPSA) is 36.9 Å². The van der Waals surface area contributed by atoms with Crippen molar-refractivity contribution in [2.45, 2.75) is 257 Å². The Morgan fingerprint density at radius 3 is 0.678 bits per heavy atom. The average Bonchev–Trinajstić information content (AvgIpc) is 0.799. The maximum absolute atomic E-state index is 14.5. The molecule has 0 N–H and O–H groups in total. The molecule has 149 heavy (non-hydrogen) atoms. The monoisotopic (exact) mass is 2110 g/mol. The van der Waals surface area contributed by atoms with Gasteiger partial charge in [-0.2, -0.15) is 8.78 Å². The Labute approximate surface area is 848 Å². The Balaban J connectivity index is 0.000000149. The lowest BCUT2D eigenvalue weighted by atomic mass is 9.79. The third-order valence-electron chi connectivity index (χ3n) is 29.3. The van der Waals surface area contributed by atoms with Crippen molar-refractivity contribution >= 4 is 0 Å². The largest absolute Gasteiger partial charge is 0.573 e. The summed E-state index contributed by atoms with van der Waals surface area (Å²) >= 11 is 0. The van der Waals surface area contributed by atoms with Gasteiger partial charge in [-0.15, -0.1) is 39.5 Å². The fourth-order valence-corrected chi connectivity index (χ4v) is 20.6. The van der Waals surface area contributed by atoms with Gasteiger partial charge in [-0.25, -0.2) is 70.2 Å². The van der Waals surface area contributed by atoms with E-state index in [-0.39, 0.29) is 73.7 Å². The maximum atomic E-state index is 14.5. The molecule has 12 aromatic rings. The van der Waals surface area contributed by atoms with E-state index in [9.17, 15) is 119 Å². The number of halogens is 27. The normalized spacial score (nSPS) is 21.0. The smallest absolute Gasteiger partial charge is 0.429 e. The van der Waals surface area contributed by atoms with E-state index in [1.807, 2.05) is 18.2 Å². The average molecular weight is 2110 g/mol. The third kappa shape index (κ3) is 31.8. The van der Waals surface area contributed by atoms with E-state index in [0.717, 1.165) is 235 Å². The van der Waals surface area contributed by atoms with E-state index in [0.29, 0.717) is 81.7 Å². The first-order chi connectivity index (χ1) is 70.5. The first kappa shape index (κ1) is 114. The molecule has 6 aliphatic rings. The van der Waals surface area contributed by atoms with Crippen LogP contribution in [0, 0.1) is 129 Å². The molecular weight excluding hydrogens is 1990 g/mol. The fraction of sp³-hybridized carbons (Fsp3) is 0.390. The van der Waals surface area contributed by atoms with Gasteiger partial charge in [0.2, 0.25) is 5.75 Å². The van der Waals surface area contributed by atoms with Crippen molar-refractivity contribution in [2.24, 2.45) is 35.5 Å². The second kappa shape index (κ2) is 50.7. The highest BCUT2D eigenvalue weighted by Crippen LogP contribution is 2.47. The van der Waals surface area contributed by atoms with Crippen LogP contribution in [0.1, 0.15) is 265 Å². The van der Waals surface area contributed by atoms with Gasteiger partial charge in [0, 0.05) is 33.4 Å². The number of benzene rings is 12. The van der Waals surface area contributed by atoms with E-state index >= 15 is 0 Å². The van der Waals surface area contributed by atoms with Crippen LogP contribution in [-0.2, 0) is 0 Å². The van der Waals surface area contributed by atoms with Crippen molar-refractivity contribution in [1.82, 2.24) is 0 Å². The summed E-state index contributed by atoms with van der Waals surface area (Å²) in [4.78, 5) is 0. The minimum absolute atomic E-state index is 0.00252. The Bertz CT molecular complexity index is 6420. The van der Waals surface area contributed by atoms with Gasteiger partial charge in [0.25, 0.3) is 0 Å². The minimum Gasteiger partial charge on any atom is -0.429 e. The van der Waals surface area contributed by atoms with Crippen LogP contribution in [0.2, 0.25) is 0 Å². The third-order valence-corrected chi connectivity index (χ3v) is 29.3. The van der Waals surface area contributed by atoms with Gasteiger partial charge >= 0.3 is 25.7 Å². The summed E-state index contributed by atoms with van der Waals surface area (Å²) in [6.45, 7) is 9.95. The lowest BCUT2D eigenvalue weighted by Crippen LogP contribution is -2.19. The van der Waals surface area contributed by atoms with Gasteiger partial charge in [0.1, 0.15) is 40.7 Å². The predicted molar refractivity (Wildman–Crippen MR) is 520 cm³/mol. The summed E-state index contributed by atoms with van der Waals surface area (Å²) in [5.41, 5.74) is 7.18. The number of hydrogen-bond acceptors (Lipinski definition) is 4. The van der Waals surface area contributed by atoms with Crippen LogP contribution < -0.4 is 18.9 Å². The summed E-state index contributed by atoms with van der Waals surface area (Å²) < 4.78 is 371. The first-order valence-corrected chi connectivity index (χ1v) is 50.0. The molecule has 6 fully saturated rings. The Hall–Kier alpha value is -12.1. The Kier molecular flexibility index (Phi) is 38.8. The molecule has 12 aromatic carbocycles. The molecule has 0 saturated heterocycles. The standard InChI is InChI=1S/C20H18F6O.2C20H19F5O.C20H20F4O.C19H18F4.C19H19F3/c1-11-2-4-12(5-3-11)13-6-7-15(16(21)8-13)14-9-17(22)19(18(23)10-14)27-20(24,25)26;1-12-2-4-13(5-3-12)14-6-8-16(17(21)10-14)15-7-9-19(18(22)11-15)26-20(23,24)25;1-11-2-4-12(5-3-11)13-6-7-15(16(21)8-13)14-9-17(22)19(18(23)10-14)26-20(24)25;1-13-2-4-14(5-3-13)16-8-11-18(19(21)12-16)15-6-9-17(10-7-15)25-20(22,23)24;1-11-2-4-12(5-3-11)13-6-7-15(16(20)8-13)14-9-17(21)19(23)18(22)10-14;1-12-2-4-13(5-3-12)14-6-8-16(18(21)10-14)15-7-9-17(20)19(22)11-15/h6-12H,2-5H2,1H3;6-13H,2-5H2,1H3;6-12,20H,2-5H2,1H3;6-14H,2-5H2,1H3;6-12H,2-5H2,1H3;6-13H,2-5H2,1H3. The van der Waals surface area contributed by atoms with Crippen LogP contribution in [0.3, 0.4) is 0 Å². The highest BCUT2D eigenvalue weighted by atomic mass is 19.4. The molecule has 0 unspecified atom stereocenters. The van der Waals surface area contributed by atoms with Gasteiger partial charge in [0.15, 0.2) is 69.7 Å². The zero-order valence-corrected chi connectivity index (χ0v) is 82.4. The van der Waals surface area contributed by atoms with Crippen molar-refractivity contribution in [3.05, 3.63) is 333 Å². The van der Waals surface area contributed by atoms with Crippen LogP contribution in [-0.4, -0.2) is 25.7 Å². The van der Waals surface area contributed by atoms with Crippen LogP contribution >= 0.6 is 0 Å². The van der Waals surface area contributed by atoms with E-state index in [1.165, 1.54) is 91.7 Å². The molecule has 31 heteroatoms. The SMILES string of the molecule is CC1CCC(c2ccc(-c3cc(F)c(F)c(F)c3)c(F)c2)CC1.CC1CCC(c2ccc(-c3cc(F)c(OC(F)(F)F)c(F)c3)c(F)c2)CC1.CC1CCC(c2ccc(-c3cc(F)c(OC(F)F)c(F)c3)c(F)c2)CC1.CC1CCC(c2ccc(-c3ccc(F)c(F)c3)c(F)c2)CC1.CC1CCC(c2ccc(-c3ccc(OC(F)(F)F)c(F)c3)c(F)c2)CC1.CC1CCC(c2ccc(-c3ccc(OC(F)(F)F)cc3)c(F)c2)CC1. The molecule has 0 spiro atoms. The second-order valence-electron chi connectivity index (χ2n) is 40.3. The van der Waals surface area contributed by atoms with E-state index < -0.39 is 124 Å². The van der Waals surface area contributed by atoms with Crippen LogP contribution in [0.4, 0.5) is 119 Å². The van der Waals surface area contributed by atoms with Crippen molar-refractivity contribution in [3.8, 4) is 89.8 Å². The number of hydrogen-bond donors (Lipinski definition) is 0. The van der Waals surface area contributed by atoms with Crippen LogP contribution in [0.15, 0.2) is 206 Å². The quantitative estimate of drug-likeness (QED) is 0.0673. The van der Waals surface area contributed by atoms with Crippen molar-refractivity contribution in [2.75, 3.05) is 0 Å². The molecule has 0 atom stereocenters. The lowest BCUT2D eigenvalue weighted by molar-refractivity contribution is -0.277. The summed E-state index contributed by atoms with van der Waals surface area (Å²) in [5.74, 6) is -13.8. The Morgan fingerprint density at radius 2 is 0.430 bits per heavy atom. The molecule has 18 rings (SSSR count). The Morgan fingerprint density at radius 1 is 0.201 bits per heavy atom.